The number of benzene rings is 1. The van der Waals surface area contributed by atoms with Crippen molar-refractivity contribution in [2.75, 3.05) is 37.6 Å². The van der Waals surface area contributed by atoms with Crippen molar-refractivity contribution in [1.82, 2.24) is 9.62 Å². The van der Waals surface area contributed by atoms with E-state index in [1.54, 1.807) is 17.0 Å². The third kappa shape index (κ3) is 4.31. The van der Waals surface area contributed by atoms with Gasteiger partial charge in [-0.25, -0.2) is 8.42 Å². The Morgan fingerprint density at radius 2 is 1.93 bits per heavy atom. The Bertz CT molecular complexity index is 794. The topological polar surface area (TPSA) is 113 Å². The van der Waals surface area contributed by atoms with Crippen LogP contribution in [-0.4, -0.2) is 57.3 Å². The zero-order valence-corrected chi connectivity index (χ0v) is 16.1. The molecule has 3 rings (SSSR count). The lowest BCUT2D eigenvalue weighted by Crippen LogP contribution is -2.46. The van der Waals surface area contributed by atoms with E-state index in [0.29, 0.717) is 51.1 Å². The van der Waals surface area contributed by atoms with E-state index in [9.17, 15) is 18.0 Å². The SMILES string of the molecule is NCCNC(=O)C1CCCN(S(=O)(=O)c2ccc(N3CCCC3=O)cc2)C1. The predicted molar refractivity (Wildman–Crippen MR) is 102 cm³/mol. The molecule has 0 aromatic heterocycles. The van der Waals surface area contributed by atoms with Crippen molar-refractivity contribution >= 4 is 27.5 Å². The maximum Gasteiger partial charge on any atom is 0.243 e. The molecule has 0 radical (unpaired) electrons. The van der Waals surface area contributed by atoms with Gasteiger partial charge in [-0.05, 0) is 43.5 Å². The van der Waals surface area contributed by atoms with Gasteiger partial charge >= 0.3 is 0 Å². The molecule has 1 unspecified atom stereocenters. The third-order valence-electron chi connectivity index (χ3n) is 5.06. The van der Waals surface area contributed by atoms with Crippen LogP contribution in [0.5, 0.6) is 0 Å². The first-order valence-corrected chi connectivity index (χ1v) is 10.8. The second kappa shape index (κ2) is 8.37. The van der Waals surface area contributed by atoms with Gasteiger partial charge in [0.1, 0.15) is 0 Å². The summed E-state index contributed by atoms with van der Waals surface area (Å²) >= 11 is 0. The number of rotatable bonds is 6. The van der Waals surface area contributed by atoms with E-state index in [1.807, 2.05) is 0 Å². The van der Waals surface area contributed by atoms with E-state index in [-0.39, 0.29) is 29.2 Å². The molecule has 27 heavy (non-hydrogen) atoms. The maximum atomic E-state index is 13.0. The minimum absolute atomic E-state index is 0.0629. The molecule has 148 valence electrons. The Morgan fingerprint density at radius 3 is 2.56 bits per heavy atom. The summed E-state index contributed by atoms with van der Waals surface area (Å²) in [6.07, 6.45) is 2.65. The number of anilines is 1. The Labute approximate surface area is 159 Å². The van der Waals surface area contributed by atoms with Crippen molar-refractivity contribution < 1.29 is 18.0 Å². The summed E-state index contributed by atoms with van der Waals surface area (Å²) in [6, 6.07) is 6.42. The van der Waals surface area contributed by atoms with Crippen LogP contribution in [0.2, 0.25) is 0 Å². The fraction of sp³-hybridized carbons (Fsp3) is 0.556. The number of nitrogens with zero attached hydrogens (tertiary/aromatic N) is 2. The van der Waals surface area contributed by atoms with Crippen molar-refractivity contribution in [3.05, 3.63) is 24.3 Å². The van der Waals surface area contributed by atoms with Gasteiger partial charge in [-0.2, -0.15) is 4.31 Å². The smallest absolute Gasteiger partial charge is 0.243 e. The molecule has 2 heterocycles. The van der Waals surface area contributed by atoms with Crippen LogP contribution in [0.25, 0.3) is 0 Å². The summed E-state index contributed by atoms with van der Waals surface area (Å²) in [7, 11) is -3.68. The lowest BCUT2D eigenvalue weighted by atomic mass is 9.99. The van der Waals surface area contributed by atoms with Crippen LogP contribution in [0.4, 0.5) is 5.69 Å². The molecule has 2 fully saturated rings. The van der Waals surface area contributed by atoms with Crippen LogP contribution in [0.15, 0.2) is 29.2 Å². The fourth-order valence-corrected chi connectivity index (χ4v) is 5.11. The molecule has 0 spiro atoms. The molecule has 1 aromatic rings. The number of hydrogen-bond acceptors (Lipinski definition) is 5. The van der Waals surface area contributed by atoms with Gasteiger partial charge < -0.3 is 16.0 Å². The molecule has 3 N–H and O–H groups in total. The van der Waals surface area contributed by atoms with Gasteiger partial charge in [0.25, 0.3) is 0 Å². The first-order chi connectivity index (χ1) is 12.9. The summed E-state index contributed by atoms with van der Waals surface area (Å²) in [5.41, 5.74) is 6.12. The lowest BCUT2D eigenvalue weighted by molar-refractivity contribution is -0.126. The van der Waals surface area contributed by atoms with Gasteiger partial charge in [0.2, 0.25) is 21.8 Å². The number of nitrogens with one attached hydrogen (secondary N) is 1. The van der Waals surface area contributed by atoms with Crippen LogP contribution in [0.3, 0.4) is 0 Å². The molecular formula is C18H26N4O4S. The second-order valence-corrected chi connectivity index (χ2v) is 8.86. The number of carbonyl (C=O) groups excluding carboxylic acids is 2. The van der Waals surface area contributed by atoms with Crippen LogP contribution in [0.1, 0.15) is 25.7 Å². The summed E-state index contributed by atoms with van der Waals surface area (Å²) in [5.74, 6) is -0.446. The fourth-order valence-electron chi connectivity index (χ4n) is 3.58. The molecular weight excluding hydrogens is 368 g/mol. The number of hydrogen-bond donors (Lipinski definition) is 2. The predicted octanol–water partition coefficient (Wildman–Crippen LogP) is 0.289. The van der Waals surface area contributed by atoms with E-state index in [2.05, 4.69) is 5.32 Å². The van der Waals surface area contributed by atoms with Crippen LogP contribution >= 0.6 is 0 Å². The van der Waals surface area contributed by atoms with Crippen LogP contribution in [0, 0.1) is 5.92 Å². The zero-order chi connectivity index (χ0) is 19.4. The lowest BCUT2D eigenvalue weighted by Gasteiger charge is -2.31. The Kier molecular flexibility index (Phi) is 6.13. The average Bonchev–Trinajstić information content (AvgIpc) is 3.12. The van der Waals surface area contributed by atoms with Gasteiger partial charge in [-0.3, -0.25) is 9.59 Å². The van der Waals surface area contributed by atoms with Gasteiger partial charge in [0.15, 0.2) is 0 Å². The maximum absolute atomic E-state index is 13.0. The van der Waals surface area contributed by atoms with Crippen LogP contribution in [-0.2, 0) is 19.6 Å². The van der Waals surface area contributed by atoms with Crippen molar-refractivity contribution in [1.29, 1.82) is 0 Å². The third-order valence-corrected chi connectivity index (χ3v) is 6.94. The highest BCUT2D eigenvalue weighted by molar-refractivity contribution is 7.89. The van der Waals surface area contributed by atoms with Crippen LogP contribution < -0.4 is 16.0 Å². The van der Waals surface area contributed by atoms with Crippen molar-refractivity contribution in [3.63, 3.8) is 0 Å². The van der Waals surface area contributed by atoms with Gasteiger partial charge in [-0.1, -0.05) is 0 Å². The molecule has 1 atom stereocenters. The van der Waals surface area contributed by atoms with Gasteiger partial charge in [-0.15, -0.1) is 0 Å². The highest BCUT2D eigenvalue weighted by atomic mass is 32.2. The highest BCUT2D eigenvalue weighted by Gasteiger charge is 2.33. The first-order valence-electron chi connectivity index (χ1n) is 9.32. The standard InChI is InChI=1S/C18H26N4O4S/c19-9-10-20-18(24)14-3-1-11-21(13-14)27(25,26)16-7-5-15(6-8-16)22-12-2-4-17(22)23/h5-8,14H,1-4,9-13,19H2,(H,20,24). The number of nitrogens with two attached hydrogens (primary N) is 1. The van der Waals surface area contributed by atoms with Crippen molar-refractivity contribution in [2.24, 2.45) is 11.7 Å². The Morgan fingerprint density at radius 1 is 1.19 bits per heavy atom. The summed E-state index contributed by atoms with van der Waals surface area (Å²) in [4.78, 5) is 25.9. The van der Waals surface area contributed by atoms with E-state index >= 15 is 0 Å². The monoisotopic (exact) mass is 394 g/mol. The van der Waals surface area contributed by atoms with E-state index in [0.717, 1.165) is 6.42 Å². The van der Waals surface area contributed by atoms with E-state index in [4.69, 9.17) is 5.73 Å². The molecule has 2 aliphatic heterocycles. The number of piperidine rings is 1. The molecule has 0 saturated carbocycles. The zero-order valence-electron chi connectivity index (χ0n) is 15.3. The largest absolute Gasteiger partial charge is 0.355 e. The van der Waals surface area contributed by atoms with Gasteiger partial charge in [0, 0.05) is 44.8 Å². The molecule has 0 aliphatic carbocycles. The number of amides is 2. The quantitative estimate of drug-likeness (QED) is 0.720. The molecule has 8 nitrogen and oxygen atoms in total. The minimum atomic E-state index is -3.68. The molecule has 1 aromatic carbocycles. The minimum Gasteiger partial charge on any atom is -0.355 e. The van der Waals surface area contributed by atoms with E-state index < -0.39 is 10.0 Å². The number of sulfonamides is 1. The summed E-state index contributed by atoms with van der Waals surface area (Å²) in [6.45, 7) is 1.97. The normalized spacial score (nSPS) is 21.4. The summed E-state index contributed by atoms with van der Waals surface area (Å²) < 4.78 is 27.3. The molecule has 2 saturated heterocycles. The van der Waals surface area contributed by atoms with Crippen molar-refractivity contribution in [3.8, 4) is 0 Å². The molecule has 2 aliphatic rings. The first kappa shape index (κ1) is 19.8. The van der Waals surface area contributed by atoms with Gasteiger partial charge in [0.05, 0.1) is 10.8 Å². The molecule has 2 amide bonds. The Hall–Kier alpha value is -1.97. The second-order valence-electron chi connectivity index (χ2n) is 6.92. The molecule has 0 bridgehead atoms. The average molecular weight is 394 g/mol. The number of carbonyl (C=O) groups is 2. The summed E-state index contributed by atoms with van der Waals surface area (Å²) in [5, 5.41) is 2.73. The Balaban J connectivity index is 1.71. The van der Waals surface area contributed by atoms with E-state index in [1.165, 1.54) is 16.4 Å². The highest BCUT2D eigenvalue weighted by Crippen LogP contribution is 2.27. The van der Waals surface area contributed by atoms with Crippen molar-refractivity contribution in [2.45, 2.75) is 30.6 Å². The molecule has 9 heteroatoms.